The molecule has 0 bridgehead atoms. The molecule has 7 nitrogen and oxygen atoms in total. The number of amidine groups is 1. The predicted octanol–water partition coefficient (Wildman–Crippen LogP) is 4.57. The van der Waals surface area contributed by atoms with E-state index in [1.165, 1.54) is 11.3 Å². The summed E-state index contributed by atoms with van der Waals surface area (Å²) in [5.74, 6) is 1.19. The molecule has 188 valence electrons. The van der Waals surface area contributed by atoms with Gasteiger partial charge in [0.25, 0.3) is 0 Å². The summed E-state index contributed by atoms with van der Waals surface area (Å²) in [5, 5.41) is 7.49. The molecule has 0 N–H and O–H groups in total. The summed E-state index contributed by atoms with van der Waals surface area (Å²) >= 11 is 0. The number of carbonyl (C=O) groups excluding carboxylic acids is 1. The lowest BCUT2D eigenvalue weighted by atomic mass is 9.97. The van der Waals surface area contributed by atoms with Crippen LogP contribution < -0.4 is 4.90 Å². The van der Waals surface area contributed by atoms with E-state index in [0.717, 1.165) is 69.1 Å². The fourth-order valence-corrected chi connectivity index (χ4v) is 4.98. The van der Waals surface area contributed by atoms with Gasteiger partial charge in [0.05, 0.1) is 24.9 Å². The van der Waals surface area contributed by atoms with Crippen LogP contribution in [0, 0.1) is 0 Å². The molecule has 0 aliphatic carbocycles. The van der Waals surface area contributed by atoms with E-state index < -0.39 is 0 Å². The van der Waals surface area contributed by atoms with Crippen LogP contribution in [0.4, 0.5) is 5.69 Å². The predicted molar refractivity (Wildman–Crippen MR) is 142 cm³/mol. The van der Waals surface area contributed by atoms with Gasteiger partial charge in [0, 0.05) is 56.5 Å². The van der Waals surface area contributed by atoms with Gasteiger partial charge in [0.2, 0.25) is 5.91 Å². The van der Waals surface area contributed by atoms with Crippen molar-refractivity contribution in [3.63, 3.8) is 0 Å². The number of pyridine rings is 1. The largest absolute Gasteiger partial charge is 0.377 e. The number of anilines is 1. The van der Waals surface area contributed by atoms with Gasteiger partial charge in [-0.1, -0.05) is 26.0 Å². The number of rotatable bonds is 2. The van der Waals surface area contributed by atoms with Gasteiger partial charge in [0.1, 0.15) is 5.84 Å². The zero-order chi connectivity index (χ0) is 24.8. The Hall–Kier alpha value is -2.93. The van der Waals surface area contributed by atoms with Crippen LogP contribution in [0.2, 0.25) is 0 Å². The quantitative estimate of drug-likeness (QED) is 0.634. The van der Waals surface area contributed by atoms with Crippen molar-refractivity contribution in [2.45, 2.75) is 65.5 Å². The number of nitrogens with zero attached hydrogens (tertiary/aromatic N) is 5. The number of carbonyl (C=O) groups is 1. The summed E-state index contributed by atoms with van der Waals surface area (Å²) < 4.78 is 5.50. The van der Waals surface area contributed by atoms with Crippen molar-refractivity contribution in [3.05, 3.63) is 48.2 Å². The smallest absolute Gasteiger partial charge is 0.219 e. The number of hydrogen-bond donors (Lipinski definition) is 0. The highest BCUT2D eigenvalue weighted by molar-refractivity contribution is 5.99. The fourth-order valence-electron chi connectivity index (χ4n) is 4.98. The van der Waals surface area contributed by atoms with Gasteiger partial charge in [-0.3, -0.25) is 14.8 Å². The minimum atomic E-state index is 0.140. The first-order valence-corrected chi connectivity index (χ1v) is 13.1. The number of fused-ring (bicyclic) bond motifs is 1. The summed E-state index contributed by atoms with van der Waals surface area (Å²) in [6, 6.07) is 13.3. The van der Waals surface area contributed by atoms with Crippen molar-refractivity contribution in [1.82, 2.24) is 14.9 Å². The van der Waals surface area contributed by atoms with E-state index in [1.807, 2.05) is 37.1 Å². The van der Waals surface area contributed by atoms with Gasteiger partial charge in [-0.2, -0.15) is 5.10 Å². The van der Waals surface area contributed by atoms with Gasteiger partial charge in [-0.05, 0) is 56.0 Å². The summed E-state index contributed by atoms with van der Waals surface area (Å²) in [7, 11) is 0. The third-order valence-electron chi connectivity index (χ3n) is 7.01. The maximum Gasteiger partial charge on any atom is 0.219 e. The maximum atomic E-state index is 12.3. The Bertz CT molecular complexity index is 1020. The van der Waals surface area contributed by atoms with Crippen LogP contribution in [0.15, 0.2) is 47.7 Å². The molecule has 0 spiro atoms. The number of ether oxygens (including phenoxy) is 1. The van der Waals surface area contributed by atoms with Crippen molar-refractivity contribution in [1.29, 1.82) is 0 Å². The highest BCUT2D eigenvalue weighted by Gasteiger charge is 2.32. The van der Waals surface area contributed by atoms with Crippen molar-refractivity contribution in [2.75, 3.05) is 37.7 Å². The van der Waals surface area contributed by atoms with Gasteiger partial charge in [0.15, 0.2) is 0 Å². The molecule has 3 aliphatic rings. The van der Waals surface area contributed by atoms with E-state index in [1.54, 1.807) is 6.92 Å². The molecular formula is C28H39N5O2. The second kappa shape index (κ2) is 11.7. The first-order chi connectivity index (χ1) is 17.1. The lowest BCUT2D eigenvalue weighted by Gasteiger charge is -2.40. The van der Waals surface area contributed by atoms with Crippen LogP contribution in [0.5, 0.6) is 0 Å². The number of hydrazone groups is 1. The molecule has 2 aromatic rings. The van der Waals surface area contributed by atoms with Crippen molar-refractivity contribution < 1.29 is 9.53 Å². The van der Waals surface area contributed by atoms with Gasteiger partial charge in [-0.25, -0.2) is 0 Å². The first kappa shape index (κ1) is 25.2. The Labute approximate surface area is 209 Å². The number of aromatic nitrogens is 1. The molecule has 1 fully saturated rings. The third-order valence-corrected chi connectivity index (χ3v) is 7.01. The number of benzene rings is 1. The highest BCUT2D eigenvalue weighted by atomic mass is 16.5. The molecule has 7 heteroatoms. The Morgan fingerprint density at radius 2 is 1.89 bits per heavy atom. The summed E-state index contributed by atoms with van der Waals surface area (Å²) in [6.45, 7) is 11.8. The average molecular weight is 478 g/mol. The summed E-state index contributed by atoms with van der Waals surface area (Å²) in [5.41, 5.74) is 4.71. The van der Waals surface area contributed by atoms with Crippen molar-refractivity contribution >= 4 is 17.4 Å². The van der Waals surface area contributed by atoms with Crippen LogP contribution in [-0.4, -0.2) is 71.6 Å². The molecule has 5 rings (SSSR count). The Balaban J connectivity index is 0.00000141. The topological polar surface area (TPSA) is 61.3 Å². The van der Waals surface area contributed by atoms with Crippen LogP contribution in [0.1, 0.15) is 52.5 Å². The molecule has 1 aromatic carbocycles. The Morgan fingerprint density at radius 3 is 2.57 bits per heavy atom. The molecule has 1 aromatic heterocycles. The molecule has 1 unspecified atom stereocenters. The zero-order valence-corrected chi connectivity index (χ0v) is 21.6. The number of aryl methyl sites for hydroxylation is 1. The normalized spacial score (nSPS) is 22.3. The van der Waals surface area contributed by atoms with Crippen LogP contribution in [0.25, 0.3) is 11.3 Å². The Kier molecular flexibility index (Phi) is 8.39. The van der Waals surface area contributed by atoms with E-state index in [2.05, 4.69) is 46.1 Å². The van der Waals surface area contributed by atoms with E-state index in [9.17, 15) is 4.79 Å². The molecule has 1 amide bonds. The lowest BCUT2D eigenvalue weighted by molar-refractivity contribution is -0.129. The Morgan fingerprint density at radius 1 is 1.06 bits per heavy atom. The van der Waals surface area contributed by atoms with Crippen LogP contribution >= 0.6 is 0 Å². The standard InChI is InChI=1S/C26H33N5O2.C2H6/c1-19-10-14-29(20(2)32)15-11-26(28-31(19)23-17-33-18-23)30-13-5-6-22-16-21(8-9-25(22)30)24-7-3-4-12-27-24;1-2/h3-4,7-9,12,16,19,23H,5-6,10-11,13-15,17-18H2,1-2H3;1-2H3/b28-26+;. The second-order valence-electron chi connectivity index (χ2n) is 9.29. The van der Waals surface area contributed by atoms with E-state index in [-0.39, 0.29) is 11.9 Å². The molecule has 35 heavy (non-hydrogen) atoms. The maximum absolute atomic E-state index is 12.3. The third kappa shape index (κ3) is 5.67. The van der Waals surface area contributed by atoms with Crippen LogP contribution in [-0.2, 0) is 16.0 Å². The summed E-state index contributed by atoms with van der Waals surface area (Å²) in [6.07, 6.45) is 5.63. The molecule has 0 radical (unpaired) electrons. The fraction of sp³-hybridized carbons (Fsp3) is 0.536. The number of amides is 1. The minimum Gasteiger partial charge on any atom is -0.377 e. The second-order valence-corrected chi connectivity index (χ2v) is 9.29. The van der Waals surface area contributed by atoms with Crippen molar-refractivity contribution in [2.24, 2.45) is 5.10 Å². The van der Waals surface area contributed by atoms with E-state index in [4.69, 9.17) is 9.84 Å². The molecule has 0 saturated carbocycles. The zero-order valence-electron chi connectivity index (χ0n) is 21.6. The van der Waals surface area contributed by atoms with Gasteiger partial charge >= 0.3 is 0 Å². The first-order valence-electron chi connectivity index (χ1n) is 13.1. The average Bonchev–Trinajstić information content (AvgIpc) is 2.94. The van der Waals surface area contributed by atoms with E-state index >= 15 is 0 Å². The molecule has 1 atom stereocenters. The SMILES string of the molecule is CC.CC(=O)N1CC/C(N2CCCc3cc(-c4ccccn4)ccc32)=N\N(C2COC2)C(C)CC1. The van der Waals surface area contributed by atoms with Gasteiger partial charge in [-0.15, -0.1) is 0 Å². The number of hydrogen-bond acceptors (Lipinski definition) is 6. The summed E-state index contributed by atoms with van der Waals surface area (Å²) in [4.78, 5) is 21.1. The van der Waals surface area contributed by atoms with Crippen molar-refractivity contribution in [3.8, 4) is 11.3 Å². The lowest BCUT2D eigenvalue weighted by Crippen LogP contribution is -2.51. The highest BCUT2D eigenvalue weighted by Crippen LogP contribution is 2.32. The molecule has 3 aliphatic heterocycles. The monoisotopic (exact) mass is 477 g/mol. The van der Waals surface area contributed by atoms with E-state index in [0.29, 0.717) is 12.6 Å². The molecule has 4 heterocycles. The molecular weight excluding hydrogens is 438 g/mol. The van der Waals surface area contributed by atoms with Gasteiger partial charge < -0.3 is 14.5 Å². The molecule has 1 saturated heterocycles. The van der Waals surface area contributed by atoms with Crippen LogP contribution in [0.3, 0.4) is 0 Å². The minimum absolute atomic E-state index is 0.140.